The molecule has 0 saturated carbocycles. The highest BCUT2D eigenvalue weighted by atomic mass is 35.5. The molecule has 0 bridgehead atoms. The van der Waals surface area contributed by atoms with Crippen LogP contribution in [0.25, 0.3) is 0 Å². The minimum atomic E-state index is -0.358. The molecule has 0 atom stereocenters. The van der Waals surface area contributed by atoms with Gasteiger partial charge in [-0.25, -0.2) is 4.99 Å². The van der Waals surface area contributed by atoms with E-state index in [4.69, 9.17) is 11.6 Å². The summed E-state index contributed by atoms with van der Waals surface area (Å²) in [6.07, 6.45) is 1.44. The maximum absolute atomic E-state index is 12.3. The molecular weight excluding hydrogens is 298 g/mol. The molecular formula is C18H12ClNO2. The Hall–Kier alpha value is -2.52. The van der Waals surface area contributed by atoms with Crippen LogP contribution >= 0.6 is 11.6 Å². The van der Waals surface area contributed by atoms with Gasteiger partial charge in [0.2, 0.25) is 5.78 Å². The molecule has 1 amide bonds. The molecule has 0 aliphatic heterocycles. The maximum atomic E-state index is 12.3. The quantitative estimate of drug-likeness (QED) is 0.801. The monoisotopic (exact) mass is 309 g/mol. The van der Waals surface area contributed by atoms with Crippen LogP contribution in [0.2, 0.25) is 0 Å². The smallest absolute Gasteiger partial charge is 0.277 e. The highest BCUT2D eigenvalue weighted by Crippen LogP contribution is 2.24. The lowest BCUT2D eigenvalue weighted by atomic mass is 9.94. The normalized spacial score (nSPS) is 15.5. The largest absolute Gasteiger partial charge is 0.288 e. The van der Waals surface area contributed by atoms with Crippen molar-refractivity contribution >= 4 is 29.0 Å². The molecule has 0 aromatic heterocycles. The van der Waals surface area contributed by atoms with E-state index in [1.54, 1.807) is 36.4 Å². The Balaban J connectivity index is 2.07. The Morgan fingerprint density at radius 2 is 1.77 bits per heavy atom. The Morgan fingerprint density at radius 1 is 1.05 bits per heavy atom. The van der Waals surface area contributed by atoms with Gasteiger partial charge >= 0.3 is 0 Å². The average Bonchev–Trinajstić information content (AvgIpc) is 2.52. The minimum Gasteiger partial charge on any atom is -0.288 e. The summed E-state index contributed by atoms with van der Waals surface area (Å²) in [5.74, 6) is -0.609. The number of carbonyl (C=O) groups excluding carboxylic acids is 2. The third-order valence-electron chi connectivity index (χ3n) is 3.42. The van der Waals surface area contributed by atoms with Gasteiger partial charge in [-0.05, 0) is 25.1 Å². The maximum Gasteiger partial charge on any atom is 0.277 e. The zero-order valence-electron chi connectivity index (χ0n) is 11.8. The van der Waals surface area contributed by atoms with E-state index in [0.717, 1.165) is 5.56 Å². The number of halogens is 1. The summed E-state index contributed by atoms with van der Waals surface area (Å²) in [4.78, 5) is 28.5. The highest BCUT2D eigenvalue weighted by molar-refractivity contribution is 6.49. The predicted molar refractivity (Wildman–Crippen MR) is 86.8 cm³/mol. The molecule has 0 fully saturated rings. The summed E-state index contributed by atoms with van der Waals surface area (Å²) in [6, 6.07) is 14.2. The summed E-state index contributed by atoms with van der Waals surface area (Å²) in [5.41, 5.74) is 2.99. The standard InChI is InChI=1S/C18H12ClNO2/c1-11-5-4-6-12(9-11)18(22)20-16-10-15(19)17(21)14-8-3-2-7-13(14)16/h2-10H,1H3. The summed E-state index contributed by atoms with van der Waals surface area (Å²) in [7, 11) is 0. The van der Waals surface area contributed by atoms with Gasteiger partial charge in [-0.2, -0.15) is 0 Å². The number of hydrogen-bond acceptors (Lipinski definition) is 2. The van der Waals surface area contributed by atoms with Crippen LogP contribution in [0.3, 0.4) is 0 Å². The fraction of sp³-hybridized carbons (Fsp3) is 0.0556. The molecule has 0 radical (unpaired) electrons. The van der Waals surface area contributed by atoms with Gasteiger partial charge in [0.05, 0.1) is 10.7 Å². The number of benzene rings is 2. The average molecular weight is 310 g/mol. The summed E-state index contributed by atoms with van der Waals surface area (Å²) >= 11 is 5.96. The lowest BCUT2D eigenvalue weighted by Gasteiger charge is -2.13. The Bertz CT molecular complexity index is 850. The summed E-state index contributed by atoms with van der Waals surface area (Å²) < 4.78 is 0. The number of aliphatic imine (C=N–C) groups is 1. The Morgan fingerprint density at radius 3 is 2.50 bits per heavy atom. The van der Waals surface area contributed by atoms with Crippen LogP contribution in [-0.4, -0.2) is 17.4 Å². The van der Waals surface area contributed by atoms with E-state index in [0.29, 0.717) is 22.4 Å². The first kappa shape index (κ1) is 14.4. The Labute approximate surface area is 133 Å². The van der Waals surface area contributed by atoms with Gasteiger partial charge in [-0.15, -0.1) is 0 Å². The second-order valence-electron chi connectivity index (χ2n) is 5.04. The van der Waals surface area contributed by atoms with E-state index in [1.807, 2.05) is 19.1 Å². The first-order valence-electron chi connectivity index (χ1n) is 6.77. The minimum absolute atomic E-state index is 0.0643. The molecule has 0 spiro atoms. The predicted octanol–water partition coefficient (Wildman–Crippen LogP) is 3.94. The van der Waals surface area contributed by atoms with Crippen molar-refractivity contribution in [3.8, 4) is 0 Å². The van der Waals surface area contributed by atoms with E-state index >= 15 is 0 Å². The summed E-state index contributed by atoms with van der Waals surface area (Å²) in [5, 5.41) is 0.0643. The first-order valence-corrected chi connectivity index (χ1v) is 7.15. The SMILES string of the molecule is Cc1cccc(C(=O)N=C2C=C(Cl)C(=O)c3ccccc32)c1. The van der Waals surface area contributed by atoms with Gasteiger partial charge in [-0.1, -0.05) is 53.6 Å². The first-order chi connectivity index (χ1) is 10.6. The Kier molecular flexibility index (Phi) is 3.73. The van der Waals surface area contributed by atoms with Gasteiger partial charge in [0.15, 0.2) is 0 Å². The molecule has 1 aliphatic carbocycles. The van der Waals surface area contributed by atoms with Crippen molar-refractivity contribution in [3.63, 3.8) is 0 Å². The molecule has 3 nitrogen and oxygen atoms in total. The number of carbonyl (C=O) groups is 2. The number of hydrogen-bond donors (Lipinski definition) is 0. The molecule has 0 heterocycles. The number of nitrogens with zero attached hydrogens (tertiary/aromatic N) is 1. The third-order valence-corrected chi connectivity index (χ3v) is 3.70. The van der Waals surface area contributed by atoms with Crippen LogP contribution in [0.1, 0.15) is 31.8 Å². The van der Waals surface area contributed by atoms with Gasteiger partial charge in [-0.3, -0.25) is 9.59 Å². The van der Waals surface area contributed by atoms with Crippen molar-refractivity contribution in [2.75, 3.05) is 0 Å². The van der Waals surface area contributed by atoms with E-state index < -0.39 is 0 Å². The number of Topliss-reactive ketones (excluding diaryl/α,β-unsaturated/α-hetero) is 1. The zero-order valence-corrected chi connectivity index (χ0v) is 12.6. The van der Waals surface area contributed by atoms with Crippen molar-refractivity contribution < 1.29 is 9.59 Å². The number of rotatable bonds is 1. The van der Waals surface area contributed by atoms with Crippen LogP contribution in [0.5, 0.6) is 0 Å². The van der Waals surface area contributed by atoms with E-state index in [-0.39, 0.29) is 16.7 Å². The number of amides is 1. The lowest BCUT2D eigenvalue weighted by Crippen LogP contribution is -2.16. The summed E-state index contributed by atoms with van der Waals surface area (Å²) in [6.45, 7) is 1.91. The zero-order chi connectivity index (χ0) is 15.7. The molecule has 4 heteroatoms. The van der Waals surface area contributed by atoms with Gasteiger partial charge in [0.1, 0.15) is 0 Å². The van der Waals surface area contributed by atoms with Crippen LogP contribution in [0, 0.1) is 6.92 Å². The molecule has 3 rings (SSSR count). The fourth-order valence-electron chi connectivity index (χ4n) is 2.34. The van der Waals surface area contributed by atoms with Crippen LogP contribution in [-0.2, 0) is 0 Å². The van der Waals surface area contributed by atoms with E-state index in [9.17, 15) is 9.59 Å². The second kappa shape index (κ2) is 5.70. The number of fused-ring (bicyclic) bond motifs is 1. The van der Waals surface area contributed by atoms with Crippen LogP contribution in [0.4, 0.5) is 0 Å². The third kappa shape index (κ3) is 2.63. The molecule has 0 unspecified atom stereocenters. The molecule has 108 valence electrons. The number of ketones is 1. The topological polar surface area (TPSA) is 46.5 Å². The molecule has 2 aromatic carbocycles. The number of aryl methyl sites for hydroxylation is 1. The van der Waals surface area contributed by atoms with Crippen molar-refractivity contribution in [2.24, 2.45) is 4.99 Å². The van der Waals surface area contributed by atoms with Crippen molar-refractivity contribution in [1.82, 2.24) is 0 Å². The van der Waals surface area contributed by atoms with E-state index in [2.05, 4.69) is 4.99 Å². The van der Waals surface area contributed by atoms with Crippen molar-refractivity contribution in [3.05, 3.63) is 81.9 Å². The number of allylic oxidation sites excluding steroid dienone is 2. The highest BCUT2D eigenvalue weighted by Gasteiger charge is 2.23. The van der Waals surface area contributed by atoms with Crippen molar-refractivity contribution in [1.29, 1.82) is 0 Å². The molecule has 1 aliphatic rings. The van der Waals surface area contributed by atoms with E-state index in [1.165, 1.54) is 6.08 Å². The van der Waals surface area contributed by atoms with Gasteiger partial charge in [0.25, 0.3) is 5.91 Å². The van der Waals surface area contributed by atoms with Crippen molar-refractivity contribution in [2.45, 2.75) is 6.92 Å². The molecule has 0 saturated heterocycles. The molecule has 2 aromatic rings. The van der Waals surface area contributed by atoms with Crippen LogP contribution in [0.15, 0.2) is 64.6 Å². The molecule has 22 heavy (non-hydrogen) atoms. The van der Waals surface area contributed by atoms with Gasteiger partial charge < -0.3 is 0 Å². The van der Waals surface area contributed by atoms with Gasteiger partial charge in [0, 0.05) is 16.7 Å². The molecule has 0 N–H and O–H groups in total. The second-order valence-corrected chi connectivity index (χ2v) is 5.45. The van der Waals surface area contributed by atoms with Crippen LogP contribution < -0.4 is 0 Å². The fourth-order valence-corrected chi connectivity index (χ4v) is 2.55. The lowest BCUT2D eigenvalue weighted by molar-refractivity contribution is 0.0999.